The fraction of sp³-hybridized carbons (Fsp3) is 0.400. The van der Waals surface area contributed by atoms with Gasteiger partial charge in [-0.15, -0.1) is 0 Å². The first-order chi connectivity index (χ1) is 13.2. The summed E-state index contributed by atoms with van der Waals surface area (Å²) >= 11 is 0. The monoisotopic (exact) mass is 362 g/mol. The van der Waals surface area contributed by atoms with E-state index in [0.717, 1.165) is 35.1 Å². The molecule has 2 aliphatic rings. The lowest BCUT2D eigenvalue weighted by Gasteiger charge is -2.13. The van der Waals surface area contributed by atoms with E-state index in [1.807, 2.05) is 29.2 Å². The Morgan fingerprint density at radius 2 is 1.89 bits per heavy atom. The molecule has 0 radical (unpaired) electrons. The van der Waals surface area contributed by atoms with E-state index in [1.54, 1.807) is 6.20 Å². The van der Waals surface area contributed by atoms with Crippen molar-refractivity contribution in [1.29, 1.82) is 0 Å². The Morgan fingerprint density at radius 3 is 2.70 bits per heavy atom. The van der Waals surface area contributed by atoms with Crippen LogP contribution in [0.15, 0.2) is 36.9 Å². The number of pyridine rings is 2. The summed E-state index contributed by atoms with van der Waals surface area (Å²) in [5.41, 5.74) is 1.90. The number of carbonyl (C=O) groups excluding carboxylic acids is 1. The zero-order valence-electron chi connectivity index (χ0n) is 15.1. The summed E-state index contributed by atoms with van der Waals surface area (Å²) in [6.45, 7) is 2.44. The number of fused-ring (bicyclic) bond motifs is 1. The maximum atomic E-state index is 12.2. The van der Waals surface area contributed by atoms with Crippen LogP contribution in [0, 0.1) is 0 Å². The summed E-state index contributed by atoms with van der Waals surface area (Å²) in [6, 6.07) is 4.50. The summed E-state index contributed by atoms with van der Waals surface area (Å²) < 4.78 is 2.03. The molecule has 1 saturated carbocycles. The fourth-order valence-corrected chi connectivity index (χ4v) is 3.60. The molecule has 2 fully saturated rings. The van der Waals surface area contributed by atoms with Crippen molar-refractivity contribution in [3.8, 4) is 11.3 Å². The van der Waals surface area contributed by atoms with Gasteiger partial charge in [0.25, 0.3) is 0 Å². The molecule has 3 aromatic heterocycles. The summed E-state index contributed by atoms with van der Waals surface area (Å²) in [5.74, 6) is 0.571. The van der Waals surface area contributed by atoms with E-state index < -0.39 is 0 Å². The maximum absolute atomic E-state index is 12.2. The van der Waals surface area contributed by atoms with Gasteiger partial charge < -0.3 is 5.32 Å². The lowest BCUT2D eigenvalue weighted by molar-refractivity contribution is -0.117. The Balaban J connectivity index is 1.35. The highest BCUT2D eigenvalue weighted by Gasteiger charge is 2.24. The molecule has 27 heavy (non-hydrogen) atoms. The van der Waals surface area contributed by atoms with Crippen molar-refractivity contribution in [2.75, 3.05) is 25.0 Å². The maximum Gasteiger partial charge on any atom is 0.239 e. The van der Waals surface area contributed by atoms with Crippen molar-refractivity contribution in [3.05, 3.63) is 36.9 Å². The average molecular weight is 362 g/mol. The third-order valence-corrected chi connectivity index (χ3v) is 5.25. The van der Waals surface area contributed by atoms with Crippen molar-refractivity contribution < 1.29 is 4.79 Å². The number of rotatable bonds is 5. The highest BCUT2D eigenvalue weighted by molar-refractivity contribution is 5.94. The van der Waals surface area contributed by atoms with Gasteiger partial charge in [-0.1, -0.05) is 0 Å². The number of nitrogens with one attached hydrogen (secondary N) is 1. The zero-order chi connectivity index (χ0) is 18.2. The molecule has 5 rings (SSSR count). The number of anilines is 1. The normalized spacial score (nSPS) is 17.5. The van der Waals surface area contributed by atoms with Crippen LogP contribution < -0.4 is 5.32 Å². The Morgan fingerprint density at radius 1 is 1.07 bits per heavy atom. The molecule has 1 saturated heterocycles. The van der Waals surface area contributed by atoms with Crippen LogP contribution in [-0.2, 0) is 4.79 Å². The molecular weight excluding hydrogens is 340 g/mol. The molecule has 4 heterocycles. The minimum Gasteiger partial charge on any atom is -0.310 e. The molecule has 0 atom stereocenters. The number of amides is 1. The lowest BCUT2D eigenvalue weighted by atomic mass is 10.1. The summed E-state index contributed by atoms with van der Waals surface area (Å²) in [4.78, 5) is 23.3. The number of aromatic nitrogens is 4. The molecule has 3 aromatic rings. The highest BCUT2D eigenvalue weighted by atomic mass is 16.2. The first-order valence-corrected chi connectivity index (χ1v) is 9.57. The van der Waals surface area contributed by atoms with Crippen molar-refractivity contribution in [2.45, 2.75) is 31.7 Å². The average Bonchev–Trinajstić information content (AvgIpc) is 3.18. The lowest BCUT2D eigenvalue weighted by Crippen LogP contribution is -2.31. The van der Waals surface area contributed by atoms with E-state index >= 15 is 0 Å². The van der Waals surface area contributed by atoms with E-state index in [-0.39, 0.29) is 5.91 Å². The summed E-state index contributed by atoms with van der Waals surface area (Å²) in [5, 5.41) is 9.32. The molecule has 1 amide bonds. The number of hydrogen-bond donors (Lipinski definition) is 1. The Hall–Kier alpha value is -2.80. The molecule has 0 spiro atoms. The van der Waals surface area contributed by atoms with Gasteiger partial charge in [-0.05, 0) is 56.3 Å². The number of nitrogens with zero attached hydrogens (tertiary/aromatic N) is 5. The summed E-state index contributed by atoms with van der Waals surface area (Å²) in [7, 11) is 0. The van der Waals surface area contributed by atoms with Crippen LogP contribution in [-0.4, -0.2) is 50.2 Å². The predicted molar refractivity (Wildman–Crippen MR) is 103 cm³/mol. The van der Waals surface area contributed by atoms with Gasteiger partial charge in [0, 0.05) is 29.5 Å². The largest absolute Gasteiger partial charge is 0.310 e. The van der Waals surface area contributed by atoms with Crippen LogP contribution >= 0.6 is 0 Å². The third-order valence-electron chi connectivity index (χ3n) is 5.25. The minimum atomic E-state index is -0.0104. The molecule has 1 aliphatic carbocycles. The molecule has 0 bridgehead atoms. The second-order valence-electron chi connectivity index (χ2n) is 7.46. The van der Waals surface area contributed by atoms with E-state index in [9.17, 15) is 4.79 Å². The Labute approximate surface area is 157 Å². The highest BCUT2D eigenvalue weighted by Crippen LogP contribution is 2.35. The number of carbonyl (C=O) groups is 1. The van der Waals surface area contributed by atoms with Crippen LogP contribution in [0.25, 0.3) is 22.0 Å². The van der Waals surface area contributed by atoms with Crippen molar-refractivity contribution in [3.63, 3.8) is 0 Å². The van der Waals surface area contributed by atoms with Gasteiger partial charge in [-0.2, -0.15) is 5.10 Å². The smallest absolute Gasteiger partial charge is 0.239 e. The second kappa shape index (κ2) is 6.74. The van der Waals surface area contributed by atoms with Crippen LogP contribution in [0.4, 0.5) is 5.82 Å². The standard InChI is InChI=1S/C20H22N6O/c27-20(13-25-5-1-2-6-25)24-19-8-14-7-18(21-9-15(14)10-22-19)16-11-23-26(12-16)17-3-4-17/h7-12,17H,1-6,13H2,(H,22,24,27). The van der Waals surface area contributed by atoms with E-state index in [1.165, 1.54) is 25.7 Å². The van der Waals surface area contributed by atoms with Gasteiger partial charge >= 0.3 is 0 Å². The second-order valence-corrected chi connectivity index (χ2v) is 7.46. The zero-order valence-corrected chi connectivity index (χ0v) is 15.1. The number of likely N-dealkylation sites (tertiary alicyclic amines) is 1. The Bertz CT molecular complexity index is 987. The third kappa shape index (κ3) is 3.55. The van der Waals surface area contributed by atoms with Gasteiger partial charge in [0.2, 0.25) is 5.91 Å². The van der Waals surface area contributed by atoms with Gasteiger partial charge in [0.1, 0.15) is 5.82 Å². The predicted octanol–water partition coefficient (Wildman–Crippen LogP) is 2.86. The molecule has 7 heteroatoms. The van der Waals surface area contributed by atoms with Gasteiger partial charge in [0.15, 0.2) is 0 Å². The fourth-order valence-electron chi connectivity index (χ4n) is 3.60. The topological polar surface area (TPSA) is 75.9 Å². The van der Waals surface area contributed by atoms with Gasteiger partial charge in [-0.3, -0.25) is 19.4 Å². The minimum absolute atomic E-state index is 0.0104. The van der Waals surface area contributed by atoms with Crippen LogP contribution in [0.5, 0.6) is 0 Å². The van der Waals surface area contributed by atoms with Crippen LogP contribution in [0.3, 0.4) is 0 Å². The SMILES string of the molecule is O=C(CN1CCCC1)Nc1cc2cc(-c3cnn(C4CC4)c3)ncc2cn1. The molecular formula is C20H22N6O. The first-order valence-electron chi connectivity index (χ1n) is 9.57. The molecule has 138 valence electrons. The van der Waals surface area contributed by atoms with Gasteiger partial charge in [-0.25, -0.2) is 4.98 Å². The first kappa shape index (κ1) is 16.4. The van der Waals surface area contributed by atoms with Crippen LogP contribution in [0.2, 0.25) is 0 Å². The van der Waals surface area contributed by atoms with Crippen molar-refractivity contribution in [2.24, 2.45) is 0 Å². The van der Waals surface area contributed by atoms with E-state index in [4.69, 9.17) is 0 Å². The number of hydrogen-bond acceptors (Lipinski definition) is 5. The van der Waals surface area contributed by atoms with Crippen LogP contribution in [0.1, 0.15) is 31.7 Å². The van der Waals surface area contributed by atoms with E-state index in [2.05, 4.69) is 31.5 Å². The Kier molecular flexibility index (Phi) is 4.09. The van der Waals surface area contributed by atoms with Gasteiger partial charge in [0.05, 0.1) is 24.5 Å². The summed E-state index contributed by atoms with van der Waals surface area (Å²) in [6.07, 6.45) is 12.3. The molecule has 1 N–H and O–H groups in total. The van der Waals surface area contributed by atoms with Crippen molar-refractivity contribution in [1.82, 2.24) is 24.6 Å². The van der Waals surface area contributed by atoms with E-state index in [0.29, 0.717) is 18.4 Å². The molecule has 7 nitrogen and oxygen atoms in total. The quantitative estimate of drug-likeness (QED) is 0.755. The molecule has 0 aromatic carbocycles. The van der Waals surface area contributed by atoms with Crippen molar-refractivity contribution >= 4 is 22.5 Å². The molecule has 0 unspecified atom stereocenters. The molecule has 1 aliphatic heterocycles.